The van der Waals surface area contributed by atoms with Gasteiger partial charge in [-0.15, -0.1) is 0 Å². The van der Waals surface area contributed by atoms with Crippen LogP contribution in [0.2, 0.25) is 0 Å². The number of benzene rings is 2. The highest BCUT2D eigenvalue weighted by atomic mass is 16.7. The molecule has 0 amide bonds. The Morgan fingerprint density at radius 2 is 1.34 bits per heavy atom. The first-order valence-electron chi connectivity index (χ1n) is 15.1. The molecule has 50 heavy (non-hydrogen) atoms. The number of esters is 1. The molecular weight excluding hydrogens is 676 g/mol. The lowest BCUT2D eigenvalue weighted by molar-refractivity contribution is -0.278. The third-order valence-corrected chi connectivity index (χ3v) is 7.99. The van der Waals surface area contributed by atoms with Gasteiger partial charge in [0.1, 0.15) is 72.3 Å². The number of phenols is 3. The fourth-order valence-electron chi connectivity index (χ4n) is 5.24. The lowest BCUT2D eigenvalue weighted by Gasteiger charge is -2.39. The van der Waals surface area contributed by atoms with Gasteiger partial charge in [0, 0.05) is 18.2 Å². The first kappa shape index (κ1) is 36.7. The van der Waals surface area contributed by atoms with Gasteiger partial charge in [-0.1, -0.05) is 0 Å². The van der Waals surface area contributed by atoms with E-state index in [1.807, 2.05) is 0 Å². The number of fused-ring (bicyclic) bond motifs is 1. The van der Waals surface area contributed by atoms with Crippen molar-refractivity contribution in [2.24, 2.45) is 0 Å². The van der Waals surface area contributed by atoms with Crippen LogP contribution in [0.3, 0.4) is 0 Å². The van der Waals surface area contributed by atoms with E-state index < -0.39 is 117 Å². The Bertz CT molecular complexity index is 1700. The predicted octanol–water partition coefficient (Wildman–Crippen LogP) is -1.73. The van der Waals surface area contributed by atoms with Crippen LogP contribution in [0.4, 0.5) is 0 Å². The quantitative estimate of drug-likeness (QED) is 0.0598. The van der Waals surface area contributed by atoms with Gasteiger partial charge in [-0.3, -0.25) is 9.59 Å². The standard InChI is InChI=1S/C31H34O19/c32-9-19-23(39)25(41)27(43)30(49-19)47-17-7-12(33)6-16-13(17)8-18(29(46-16)11-1-2-14(34)15(35)5-11)48-31-28(44)26(42)24(40)20(50-31)10-45-22(38)4-3-21(36)37/h1-2,5-8,19-20,23-28,30-32,39-44H,3-4,9-10H2,(H3-,33,34,35,36,37)/p+1/t19?,20?,23-,24-,25+,26?,27?,28?,30-,31-/m1/s1. The summed E-state index contributed by atoms with van der Waals surface area (Å²) in [4.78, 5) is 22.7. The van der Waals surface area contributed by atoms with Crippen LogP contribution >= 0.6 is 0 Å². The monoisotopic (exact) mass is 711 g/mol. The fourth-order valence-corrected chi connectivity index (χ4v) is 5.24. The summed E-state index contributed by atoms with van der Waals surface area (Å²) in [7, 11) is 0. The third kappa shape index (κ3) is 7.75. The highest BCUT2D eigenvalue weighted by Gasteiger charge is 2.47. The van der Waals surface area contributed by atoms with Crippen molar-refractivity contribution in [3.8, 4) is 40.1 Å². The molecule has 3 heterocycles. The first-order chi connectivity index (χ1) is 23.7. The second kappa shape index (κ2) is 15.1. The lowest BCUT2D eigenvalue weighted by Crippen LogP contribution is -2.60. The zero-order chi connectivity index (χ0) is 36.4. The molecule has 1 aromatic heterocycles. The van der Waals surface area contributed by atoms with Crippen LogP contribution in [-0.4, -0.2) is 143 Å². The molecule has 0 aliphatic carbocycles. The van der Waals surface area contributed by atoms with Gasteiger partial charge in [-0.2, -0.15) is 0 Å². The maximum atomic E-state index is 12.0. The number of aliphatic hydroxyl groups is 7. The Kier molecular flexibility index (Phi) is 11.1. The van der Waals surface area contributed by atoms with Crippen LogP contribution < -0.4 is 9.47 Å². The average molecular weight is 712 g/mol. The summed E-state index contributed by atoms with van der Waals surface area (Å²) in [6, 6.07) is 6.93. The number of carbonyl (C=O) groups is 2. The number of carbonyl (C=O) groups excluding carboxylic acids is 1. The largest absolute Gasteiger partial charge is 0.507 e. The van der Waals surface area contributed by atoms with Gasteiger partial charge in [0.05, 0.1) is 31.1 Å². The summed E-state index contributed by atoms with van der Waals surface area (Å²) in [6.07, 6.45) is -18.4. The van der Waals surface area contributed by atoms with E-state index in [0.717, 1.165) is 24.3 Å². The Morgan fingerprint density at radius 1 is 0.720 bits per heavy atom. The van der Waals surface area contributed by atoms with E-state index in [9.17, 15) is 60.7 Å². The minimum absolute atomic E-state index is 0.0173. The molecule has 0 radical (unpaired) electrons. The van der Waals surface area contributed by atoms with E-state index >= 15 is 0 Å². The number of aliphatic carboxylic acids is 1. The SMILES string of the molecule is O=C(O)CCC(=O)OCC1O[C@@H](Oc2cc3c(O[C@@H]4OC(CO)[C@@H](O)[C@H](O)C4O)cc(O)cc3[o+]c2-c2ccc(O)c(O)c2)C(O)C(O)[C@@H]1O. The van der Waals surface area contributed by atoms with Crippen molar-refractivity contribution in [2.45, 2.75) is 74.3 Å². The molecule has 2 aliphatic rings. The molecular formula is C31H35O19+. The average Bonchev–Trinajstić information content (AvgIpc) is 3.08. The molecule has 2 saturated heterocycles. The smallest absolute Gasteiger partial charge is 0.402 e. The maximum absolute atomic E-state index is 12.0. The zero-order valence-corrected chi connectivity index (χ0v) is 25.8. The molecule has 10 atom stereocenters. The predicted molar refractivity (Wildman–Crippen MR) is 161 cm³/mol. The van der Waals surface area contributed by atoms with Crippen molar-refractivity contribution in [1.82, 2.24) is 0 Å². The number of aromatic hydroxyl groups is 3. The van der Waals surface area contributed by atoms with E-state index in [1.54, 1.807) is 0 Å². The van der Waals surface area contributed by atoms with E-state index in [2.05, 4.69) is 0 Å². The maximum Gasteiger partial charge on any atom is 0.402 e. The number of carboxylic acids is 1. The minimum Gasteiger partial charge on any atom is -0.507 e. The van der Waals surface area contributed by atoms with Crippen LogP contribution in [0.5, 0.6) is 28.7 Å². The molecule has 2 fully saturated rings. The Morgan fingerprint density at radius 3 is 1.96 bits per heavy atom. The summed E-state index contributed by atoms with van der Waals surface area (Å²) in [5, 5.41) is 112. The number of hydrogen-bond donors (Lipinski definition) is 11. The molecule has 0 saturated carbocycles. The van der Waals surface area contributed by atoms with Gasteiger partial charge >= 0.3 is 23.3 Å². The van der Waals surface area contributed by atoms with E-state index in [0.29, 0.717) is 0 Å². The number of rotatable bonds is 11. The van der Waals surface area contributed by atoms with Gasteiger partial charge in [0.25, 0.3) is 0 Å². The summed E-state index contributed by atoms with van der Waals surface area (Å²) >= 11 is 0. The van der Waals surface area contributed by atoms with E-state index in [4.69, 9.17) is 33.2 Å². The molecule has 272 valence electrons. The fraction of sp³-hybridized carbons (Fsp3) is 0.452. The molecule has 2 aliphatic heterocycles. The van der Waals surface area contributed by atoms with E-state index in [-0.39, 0.29) is 33.8 Å². The molecule has 2 aromatic carbocycles. The van der Waals surface area contributed by atoms with Gasteiger partial charge in [0.2, 0.25) is 18.3 Å². The van der Waals surface area contributed by atoms with Crippen molar-refractivity contribution >= 4 is 22.9 Å². The van der Waals surface area contributed by atoms with Crippen molar-refractivity contribution < 1.29 is 93.9 Å². The van der Waals surface area contributed by atoms with Gasteiger partial charge < -0.3 is 79.9 Å². The summed E-state index contributed by atoms with van der Waals surface area (Å²) < 4.78 is 33.7. The minimum atomic E-state index is -1.94. The van der Waals surface area contributed by atoms with E-state index in [1.165, 1.54) is 12.1 Å². The first-order valence-corrected chi connectivity index (χ1v) is 15.1. The summed E-state index contributed by atoms with van der Waals surface area (Å²) in [5.74, 6) is -4.49. The number of ether oxygens (including phenoxy) is 5. The summed E-state index contributed by atoms with van der Waals surface area (Å²) in [6.45, 7) is -1.44. The number of phenolic OH excluding ortho intramolecular Hbond substituents is 3. The normalized spacial score (nSPS) is 29.7. The molecule has 19 heteroatoms. The zero-order valence-electron chi connectivity index (χ0n) is 25.8. The molecule has 0 bridgehead atoms. The molecule has 5 rings (SSSR count). The second-order valence-corrected chi connectivity index (χ2v) is 11.5. The van der Waals surface area contributed by atoms with Crippen molar-refractivity contribution in [1.29, 1.82) is 0 Å². The molecule has 3 aromatic rings. The lowest BCUT2D eigenvalue weighted by atomic mass is 9.99. The van der Waals surface area contributed by atoms with Crippen LogP contribution in [-0.2, 0) is 23.8 Å². The number of carboxylic acid groups (broad SMARTS) is 1. The van der Waals surface area contributed by atoms with Crippen LogP contribution in [0.15, 0.2) is 40.8 Å². The van der Waals surface area contributed by atoms with Crippen molar-refractivity contribution in [3.63, 3.8) is 0 Å². The van der Waals surface area contributed by atoms with Crippen LogP contribution in [0.25, 0.3) is 22.3 Å². The van der Waals surface area contributed by atoms with Crippen LogP contribution in [0, 0.1) is 0 Å². The Labute approximate surface area is 280 Å². The van der Waals surface area contributed by atoms with Crippen molar-refractivity contribution in [2.75, 3.05) is 13.2 Å². The van der Waals surface area contributed by atoms with Gasteiger partial charge in [-0.25, -0.2) is 4.42 Å². The van der Waals surface area contributed by atoms with Crippen molar-refractivity contribution in [3.05, 3.63) is 36.4 Å². The van der Waals surface area contributed by atoms with Crippen LogP contribution in [0.1, 0.15) is 12.8 Å². The molecule has 19 nitrogen and oxygen atoms in total. The Balaban J connectivity index is 1.52. The highest BCUT2D eigenvalue weighted by molar-refractivity contribution is 5.89. The number of aliphatic hydroxyl groups excluding tert-OH is 7. The van der Waals surface area contributed by atoms with Gasteiger partial charge in [-0.05, 0) is 12.1 Å². The molecule has 0 spiro atoms. The molecule has 5 unspecified atom stereocenters. The molecule has 11 N–H and O–H groups in total. The number of hydrogen-bond acceptors (Lipinski definition) is 17. The third-order valence-electron chi connectivity index (χ3n) is 7.99. The highest BCUT2D eigenvalue weighted by Crippen LogP contribution is 2.43. The van der Waals surface area contributed by atoms with Gasteiger partial charge in [0.15, 0.2) is 11.5 Å². The Hall–Kier alpha value is -4.57. The topological polar surface area (TPSA) is 314 Å². The second-order valence-electron chi connectivity index (χ2n) is 11.5. The summed E-state index contributed by atoms with van der Waals surface area (Å²) in [5.41, 5.74) is -0.0574.